The van der Waals surface area contributed by atoms with E-state index in [4.69, 9.17) is 5.26 Å². The van der Waals surface area contributed by atoms with Gasteiger partial charge in [-0.3, -0.25) is 9.36 Å². The molecule has 104 valence electrons. The molecule has 0 spiro atoms. The molecule has 0 unspecified atom stereocenters. The topological polar surface area (TPSA) is 58.7 Å². The van der Waals surface area contributed by atoms with E-state index in [2.05, 4.69) is 18.0 Å². The molecule has 1 heterocycles. The molecule has 4 nitrogen and oxygen atoms in total. The fourth-order valence-electron chi connectivity index (χ4n) is 1.94. The van der Waals surface area contributed by atoms with Crippen molar-refractivity contribution in [1.82, 2.24) is 9.55 Å². The van der Waals surface area contributed by atoms with E-state index in [0.29, 0.717) is 22.6 Å². The van der Waals surface area contributed by atoms with E-state index < -0.39 is 0 Å². The lowest BCUT2D eigenvalue weighted by molar-refractivity contribution is 0.557. The fraction of sp³-hybridized carbons (Fsp3) is 0.400. The van der Waals surface area contributed by atoms with Gasteiger partial charge in [-0.1, -0.05) is 37.2 Å². The molecule has 2 aromatic rings. The minimum Gasteiger partial charge on any atom is -0.287 e. The lowest BCUT2D eigenvalue weighted by atomic mass is 10.2. The van der Waals surface area contributed by atoms with Crippen LogP contribution >= 0.6 is 11.8 Å². The van der Waals surface area contributed by atoms with Gasteiger partial charge in [0.1, 0.15) is 0 Å². The Balaban J connectivity index is 2.57. The minimum atomic E-state index is -0.226. The number of hydrogen-bond acceptors (Lipinski definition) is 4. The van der Waals surface area contributed by atoms with Gasteiger partial charge in [0, 0.05) is 6.54 Å². The van der Waals surface area contributed by atoms with E-state index in [9.17, 15) is 4.79 Å². The van der Waals surface area contributed by atoms with Crippen LogP contribution in [-0.2, 0) is 6.54 Å². The molecule has 1 aromatic heterocycles. The molecule has 0 bridgehead atoms. The molecule has 0 aliphatic heterocycles. The number of aromatic nitrogens is 2. The van der Waals surface area contributed by atoms with Crippen molar-refractivity contribution in [2.24, 2.45) is 0 Å². The van der Waals surface area contributed by atoms with E-state index in [-0.39, 0.29) is 10.8 Å². The molecule has 0 aliphatic rings. The molecule has 0 amide bonds. The van der Waals surface area contributed by atoms with Crippen LogP contribution in [0, 0.1) is 11.3 Å². The van der Waals surface area contributed by atoms with Crippen LogP contribution in [0.5, 0.6) is 0 Å². The number of para-hydroxylation sites is 1. The number of unbranched alkanes of at least 4 members (excludes halogenated alkanes) is 1. The third-order valence-corrected chi connectivity index (χ3v) is 4.01. The second kappa shape index (κ2) is 6.58. The predicted octanol–water partition coefficient (Wildman–Crippen LogP) is 3.20. The van der Waals surface area contributed by atoms with Crippen LogP contribution in [0.3, 0.4) is 0 Å². The third-order valence-electron chi connectivity index (χ3n) is 3.03. The summed E-state index contributed by atoms with van der Waals surface area (Å²) in [6, 6.07) is 9.52. The lowest BCUT2D eigenvalue weighted by Gasteiger charge is -2.13. The monoisotopic (exact) mass is 287 g/mol. The van der Waals surface area contributed by atoms with E-state index in [1.54, 1.807) is 10.6 Å². The highest BCUT2D eigenvalue weighted by atomic mass is 32.2. The molecular formula is C15H17N3OS. The van der Waals surface area contributed by atoms with Crippen molar-refractivity contribution in [2.75, 3.05) is 0 Å². The Kier molecular flexibility index (Phi) is 4.80. The quantitative estimate of drug-likeness (QED) is 0.626. The molecule has 0 saturated heterocycles. The first kappa shape index (κ1) is 14.6. The summed E-state index contributed by atoms with van der Waals surface area (Å²) in [6.45, 7) is 4.55. The highest BCUT2D eigenvalue weighted by molar-refractivity contribution is 8.00. The number of nitrogens with zero attached hydrogens (tertiary/aromatic N) is 3. The van der Waals surface area contributed by atoms with E-state index in [0.717, 1.165) is 12.8 Å². The smallest absolute Gasteiger partial charge is 0.262 e. The minimum absolute atomic E-state index is 0.0170. The van der Waals surface area contributed by atoms with Crippen LogP contribution in [0.15, 0.2) is 34.2 Å². The van der Waals surface area contributed by atoms with Gasteiger partial charge in [0.25, 0.3) is 5.56 Å². The van der Waals surface area contributed by atoms with Gasteiger partial charge in [-0.25, -0.2) is 4.98 Å². The van der Waals surface area contributed by atoms with Gasteiger partial charge in [0.2, 0.25) is 0 Å². The molecule has 0 saturated carbocycles. The van der Waals surface area contributed by atoms with Gasteiger partial charge in [0.15, 0.2) is 5.16 Å². The van der Waals surface area contributed by atoms with E-state index in [1.807, 2.05) is 25.1 Å². The van der Waals surface area contributed by atoms with Gasteiger partial charge in [0.05, 0.1) is 22.2 Å². The first-order valence-corrected chi connectivity index (χ1v) is 7.61. The summed E-state index contributed by atoms with van der Waals surface area (Å²) in [7, 11) is 0. The maximum absolute atomic E-state index is 12.6. The molecule has 0 aliphatic carbocycles. The van der Waals surface area contributed by atoms with Gasteiger partial charge in [-0.05, 0) is 25.5 Å². The summed E-state index contributed by atoms with van der Waals surface area (Å²) in [5.41, 5.74) is 0.676. The molecule has 1 atom stereocenters. The molecular weight excluding hydrogens is 270 g/mol. The molecule has 5 heteroatoms. The normalized spacial score (nSPS) is 12.2. The number of benzene rings is 1. The highest BCUT2D eigenvalue weighted by Crippen LogP contribution is 2.22. The summed E-state index contributed by atoms with van der Waals surface area (Å²) in [4.78, 5) is 17.1. The molecule has 0 fully saturated rings. The van der Waals surface area contributed by atoms with Crippen molar-refractivity contribution >= 4 is 22.7 Å². The zero-order valence-corrected chi connectivity index (χ0v) is 12.5. The van der Waals surface area contributed by atoms with Crippen molar-refractivity contribution in [3.63, 3.8) is 0 Å². The third kappa shape index (κ3) is 3.02. The summed E-state index contributed by atoms with van der Waals surface area (Å²) in [5.74, 6) is 0. The highest BCUT2D eigenvalue weighted by Gasteiger charge is 2.13. The summed E-state index contributed by atoms with van der Waals surface area (Å²) in [5, 5.41) is 10.0. The maximum atomic E-state index is 12.6. The Labute approximate surface area is 122 Å². The SMILES string of the molecule is CCCCn1c(S[C@H](C)C#N)nc2ccccc2c1=O. The number of nitriles is 1. The Hall–Kier alpha value is -1.80. The predicted molar refractivity (Wildman–Crippen MR) is 81.8 cm³/mol. The first-order valence-electron chi connectivity index (χ1n) is 6.73. The van der Waals surface area contributed by atoms with Gasteiger partial charge < -0.3 is 0 Å². The number of thioether (sulfide) groups is 1. The van der Waals surface area contributed by atoms with Crippen molar-refractivity contribution < 1.29 is 0 Å². The van der Waals surface area contributed by atoms with Crippen LogP contribution in [0.1, 0.15) is 26.7 Å². The van der Waals surface area contributed by atoms with Crippen molar-refractivity contribution in [1.29, 1.82) is 5.26 Å². The van der Waals surface area contributed by atoms with E-state index in [1.165, 1.54) is 11.8 Å². The van der Waals surface area contributed by atoms with Crippen LogP contribution in [0.25, 0.3) is 10.9 Å². The van der Waals surface area contributed by atoms with Crippen LogP contribution in [0.4, 0.5) is 0 Å². The standard InChI is InChI=1S/C15H17N3OS/c1-3-4-9-18-14(19)12-7-5-6-8-13(12)17-15(18)20-11(2)10-16/h5-8,11H,3-4,9H2,1-2H3/t11-/m1/s1. The Morgan fingerprint density at radius 2 is 2.20 bits per heavy atom. The number of hydrogen-bond donors (Lipinski definition) is 0. The molecule has 0 N–H and O–H groups in total. The Bertz CT molecular complexity index is 702. The fourth-order valence-corrected chi connectivity index (χ4v) is 2.76. The number of fused-ring (bicyclic) bond motifs is 1. The van der Waals surface area contributed by atoms with Crippen molar-refractivity contribution in [3.8, 4) is 6.07 Å². The first-order chi connectivity index (χ1) is 9.67. The zero-order chi connectivity index (χ0) is 14.5. The second-order valence-corrected chi connectivity index (χ2v) is 5.92. The van der Waals surface area contributed by atoms with Crippen LogP contribution in [-0.4, -0.2) is 14.8 Å². The van der Waals surface area contributed by atoms with Gasteiger partial charge in [-0.2, -0.15) is 5.26 Å². The molecule has 1 aromatic carbocycles. The summed E-state index contributed by atoms with van der Waals surface area (Å²) in [6.07, 6.45) is 1.94. The second-order valence-electron chi connectivity index (χ2n) is 4.61. The van der Waals surface area contributed by atoms with Crippen molar-refractivity contribution in [3.05, 3.63) is 34.6 Å². The Morgan fingerprint density at radius 1 is 1.45 bits per heavy atom. The summed E-state index contributed by atoms with van der Waals surface area (Å²) >= 11 is 1.34. The zero-order valence-electron chi connectivity index (χ0n) is 11.7. The van der Waals surface area contributed by atoms with Crippen LogP contribution in [0.2, 0.25) is 0 Å². The maximum Gasteiger partial charge on any atom is 0.262 e. The average Bonchev–Trinajstić information content (AvgIpc) is 2.47. The molecule has 20 heavy (non-hydrogen) atoms. The largest absolute Gasteiger partial charge is 0.287 e. The molecule has 2 rings (SSSR count). The van der Waals surface area contributed by atoms with Crippen molar-refractivity contribution in [2.45, 2.75) is 43.6 Å². The average molecular weight is 287 g/mol. The van der Waals surface area contributed by atoms with Gasteiger partial charge >= 0.3 is 0 Å². The number of rotatable bonds is 5. The van der Waals surface area contributed by atoms with Gasteiger partial charge in [-0.15, -0.1) is 0 Å². The molecule has 0 radical (unpaired) electrons. The van der Waals surface area contributed by atoms with E-state index >= 15 is 0 Å². The Morgan fingerprint density at radius 3 is 2.90 bits per heavy atom. The van der Waals surface area contributed by atoms with Crippen LogP contribution < -0.4 is 5.56 Å². The lowest BCUT2D eigenvalue weighted by Crippen LogP contribution is -2.24. The summed E-state index contributed by atoms with van der Waals surface area (Å²) < 4.78 is 1.70.